The molecule has 1 aromatic carbocycles. The van der Waals surface area contributed by atoms with Crippen molar-refractivity contribution >= 4 is 45.4 Å². The van der Waals surface area contributed by atoms with Crippen molar-refractivity contribution in [3.05, 3.63) is 24.3 Å². The molecule has 25 heavy (non-hydrogen) atoms. The summed E-state index contributed by atoms with van der Waals surface area (Å²) in [4.78, 5) is 11.9. The van der Waals surface area contributed by atoms with Crippen LogP contribution in [0.3, 0.4) is 0 Å². The summed E-state index contributed by atoms with van der Waals surface area (Å²) in [6, 6.07) is 9.37. The molecule has 1 aromatic heterocycles. The Bertz CT molecular complexity index is 800. The summed E-state index contributed by atoms with van der Waals surface area (Å²) in [6.07, 6.45) is 0. The van der Waals surface area contributed by atoms with Gasteiger partial charge in [0.1, 0.15) is 11.7 Å². The number of para-hydroxylation sites is 2. The topological polar surface area (TPSA) is 112 Å². The van der Waals surface area contributed by atoms with Gasteiger partial charge in [-0.05, 0) is 26.0 Å². The van der Waals surface area contributed by atoms with Crippen molar-refractivity contribution in [3.8, 4) is 11.8 Å². The highest BCUT2D eigenvalue weighted by molar-refractivity contribution is 8.01. The number of Topliss-reactive ketones (excluding diaryl/α,β-unsaturated/α-hetero) is 1. The highest BCUT2D eigenvalue weighted by Crippen LogP contribution is 2.31. The summed E-state index contributed by atoms with van der Waals surface area (Å²) in [5.41, 5.74) is 0.845. The van der Waals surface area contributed by atoms with E-state index >= 15 is 0 Å². The van der Waals surface area contributed by atoms with Crippen LogP contribution in [0, 0.1) is 22.7 Å². The molecule has 0 spiro atoms. The zero-order chi connectivity index (χ0) is 18.2. The largest absolute Gasteiger partial charge is 0.492 e. The SMILES string of the molecule is CCOc1ccccc1Nc1nnc(SCC(=O)[C@@H](C#N)C(C)=N)s1. The summed E-state index contributed by atoms with van der Waals surface area (Å²) in [7, 11) is 0. The summed E-state index contributed by atoms with van der Waals surface area (Å²) in [5.74, 6) is -0.482. The molecule has 0 bridgehead atoms. The van der Waals surface area contributed by atoms with Gasteiger partial charge in [0.15, 0.2) is 10.1 Å². The van der Waals surface area contributed by atoms with E-state index in [1.165, 1.54) is 30.0 Å². The van der Waals surface area contributed by atoms with Gasteiger partial charge in [0, 0.05) is 5.71 Å². The lowest BCUT2D eigenvalue weighted by Gasteiger charge is -2.09. The van der Waals surface area contributed by atoms with Crippen LogP contribution in [0.25, 0.3) is 0 Å². The molecule has 0 amide bonds. The number of ether oxygens (including phenoxy) is 1. The first-order chi connectivity index (χ1) is 12.0. The highest BCUT2D eigenvalue weighted by Gasteiger charge is 2.20. The maximum absolute atomic E-state index is 11.9. The molecule has 1 atom stereocenters. The van der Waals surface area contributed by atoms with Gasteiger partial charge in [-0.15, -0.1) is 10.2 Å². The molecule has 2 aromatic rings. The van der Waals surface area contributed by atoms with Crippen LogP contribution in [-0.4, -0.2) is 34.1 Å². The van der Waals surface area contributed by atoms with Crippen LogP contribution >= 0.6 is 23.1 Å². The van der Waals surface area contributed by atoms with Crippen LogP contribution in [0.2, 0.25) is 0 Å². The van der Waals surface area contributed by atoms with Crippen molar-refractivity contribution in [2.75, 3.05) is 17.7 Å². The number of aromatic nitrogens is 2. The van der Waals surface area contributed by atoms with Crippen molar-refractivity contribution in [2.45, 2.75) is 18.2 Å². The smallest absolute Gasteiger partial charge is 0.210 e. The zero-order valence-corrected chi connectivity index (χ0v) is 15.4. The quantitative estimate of drug-likeness (QED) is 0.509. The Balaban J connectivity index is 1.98. The fraction of sp³-hybridized carbons (Fsp3) is 0.312. The standard InChI is InChI=1S/C16H17N5O2S2/c1-3-23-14-7-5-4-6-12(14)19-15-20-21-16(25-15)24-9-13(22)11(8-17)10(2)18/h4-7,11,18H,3,9H2,1-2H3,(H,19,20)/t11-/m0/s1. The lowest BCUT2D eigenvalue weighted by Crippen LogP contribution is -2.21. The molecule has 7 nitrogen and oxygen atoms in total. The minimum atomic E-state index is -0.990. The Hall–Kier alpha value is -2.44. The molecule has 0 radical (unpaired) electrons. The highest BCUT2D eigenvalue weighted by atomic mass is 32.2. The third kappa shape index (κ3) is 5.27. The average Bonchev–Trinajstić information content (AvgIpc) is 3.03. The maximum Gasteiger partial charge on any atom is 0.210 e. The molecular weight excluding hydrogens is 358 g/mol. The fourth-order valence-corrected chi connectivity index (χ4v) is 3.58. The number of hydrogen-bond donors (Lipinski definition) is 2. The van der Waals surface area contributed by atoms with Gasteiger partial charge in [-0.3, -0.25) is 4.79 Å². The van der Waals surface area contributed by atoms with Crippen molar-refractivity contribution in [1.29, 1.82) is 10.7 Å². The number of nitrogens with one attached hydrogen (secondary N) is 2. The van der Waals surface area contributed by atoms with Crippen molar-refractivity contribution < 1.29 is 9.53 Å². The summed E-state index contributed by atoms with van der Waals surface area (Å²) >= 11 is 2.52. The van der Waals surface area contributed by atoms with Crippen molar-refractivity contribution in [1.82, 2.24) is 10.2 Å². The Labute approximate surface area is 153 Å². The van der Waals surface area contributed by atoms with Gasteiger partial charge in [-0.1, -0.05) is 35.2 Å². The monoisotopic (exact) mass is 375 g/mol. The number of nitrogens with zero attached hydrogens (tertiary/aromatic N) is 3. The Kier molecular flexibility index (Phi) is 6.91. The minimum Gasteiger partial charge on any atom is -0.492 e. The molecule has 0 saturated carbocycles. The van der Waals surface area contributed by atoms with E-state index in [-0.39, 0.29) is 17.2 Å². The maximum atomic E-state index is 11.9. The van der Waals surface area contributed by atoms with Crippen molar-refractivity contribution in [3.63, 3.8) is 0 Å². The van der Waals surface area contributed by atoms with Gasteiger partial charge in [-0.25, -0.2) is 0 Å². The normalized spacial score (nSPS) is 11.4. The van der Waals surface area contributed by atoms with E-state index in [9.17, 15) is 4.79 Å². The molecule has 9 heteroatoms. The molecular formula is C16H17N5O2S2. The van der Waals surface area contributed by atoms with Crippen LogP contribution in [0.1, 0.15) is 13.8 Å². The first-order valence-corrected chi connectivity index (χ1v) is 9.27. The summed E-state index contributed by atoms with van der Waals surface area (Å²) < 4.78 is 6.16. The molecule has 0 aliphatic rings. The number of nitriles is 1. The summed E-state index contributed by atoms with van der Waals surface area (Å²) in [6.45, 7) is 3.93. The second-order valence-corrected chi connectivity index (χ2v) is 7.13. The second-order valence-electron chi connectivity index (χ2n) is 4.93. The van der Waals surface area contributed by atoms with E-state index in [0.717, 1.165) is 11.4 Å². The molecule has 0 aliphatic carbocycles. The number of benzene rings is 1. The third-order valence-corrected chi connectivity index (χ3v) is 5.05. The molecule has 130 valence electrons. The van der Waals surface area contributed by atoms with Gasteiger partial charge in [0.05, 0.1) is 24.1 Å². The number of hydrogen-bond acceptors (Lipinski definition) is 9. The van der Waals surface area contributed by atoms with Crippen LogP contribution in [-0.2, 0) is 4.79 Å². The van der Waals surface area contributed by atoms with Crippen molar-refractivity contribution in [2.24, 2.45) is 5.92 Å². The number of carbonyl (C=O) groups is 1. The van der Waals surface area contributed by atoms with Gasteiger partial charge in [0.2, 0.25) is 5.13 Å². The second kappa shape index (κ2) is 9.15. The molecule has 0 aliphatic heterocycles. The van der Waals surface area contributed by atoms with Crippen LogP contribution in [0.5, 0.6) is 5.75 Å². The lowest BCUT2D eigenvalue weighted by atomic mass is 10.0. The van der Waals surface area contributed by atoms with E-state index in [1.807, 2.05) is 37.3 Å². The fourth-order valence-electron chi connectivity index (χ4n) is 1.91. The van der Waals surface area contributed by atoms with Crippen LogP contribution in [0.15, 0.2) is 28.6 Å². The number of ketones is 1. The van der Waals surface area contributed by atoms with E-state index in [1.54, 1.807) is 0 Å². The Morgan fingerprint density at radius 3 is 2.92 bits per heavy atom. The number of anilines is 2. The Morgan fingerprint density at radius 1 is 1.48 bits per heavy atom. The predicted octanol–water partition coefficient (Wildman–Crippen LogP) is 3.52. The van der Waals surface area contributed by atoms with Gasteiger partial charge >= 0.3 is 0 Å². The molecule has 0 saturated heterocycles. The molecule has 1 heterocycles. The van der Waals surface area contributed by atoms with Crippen LogP contribution < -0.4 is 10.1 Å². The van der Waals surface area contributed by atoms with E-state index in [2.05, 4.69) is 15.5 Å². The Morgan fingerprint density at radius 2 is 2.24 bits per heavy atom. The number of rotatable bonds is 9. The first-order valence-electron chi connectivity index (χ1n) is 7.47. The third-order valence-electron chi connectivity index (χ3n) is 3.06. The summed E-state index contributed by atoms with van der Waals surface area (Å²) in [5, 5.41) is 28.2. The molecule has 2 N–H and O–H groups in total. The zero-order valence-electron chi connectivity index (χ0n) is 13.8. The average molecular weight is 375 g/mol. The van der Waals surface area contributed by atoms with Crippen LogP contribution in [0.4, 0.5) is 10.8 Å². The molecule has 0 fully saturated rings. The minimum absolute atomic E-state index is 0.0558. The number of carbonyl (C=O) groups excluding carboxylic acids is 1. The van der Waals surface area contributed by atoms with E-state index in [0.29, 0.717) is 16.1 Å². The lowest BCUT2D eigenvalue weighted by molar-refractivity contribution is -0.117. The first kappa shape index (κ1) is 18.9. The number of thioether (sulfide) groups is 1. The van der Waals surface area contributed by atoms with E-state index in [4.69, 9.17) is 15.4 Å². The van der Waals surface area contributed by atoms with Gasteiger partial charge < -0.3 is 15.5 Å². The predicted molar refractivity (Wildman–Crippen MR) is 99.0 cm³/mol. The molecule has 0 unspecified atom stereocenters. The van der Waals surface area contributed by atoms with Gasteiger partial charge in [-0.2, -0.15) is 5.26 Å². The van der Waals surface area contributed by atoms with E-state index < -0.39 is 5.92 Å². The molecule has 2 rings (SSSR count). The van der Waals surface area contributed by atoms with Gasteiger partial charge in [0.25, 0.3) is 0 Å².